The summed E-state index contributed by atoms with van der Waals surface area (Å²) < 4.78 is 2.35. The molecule has 4 aliphatic carbocycles. The van der Waals surface area contributed by atoms with Gasteiger partial charge in [-0.1, -0.05) is 6.42 Å². The Hall–Kier alpha value is -3.64. The molecule has 5 fully saturated rings. The summed E-state index contributed by atoms with van der Waals surface area (Å²) in [6, 6.07) is -0.761. The minimum absolute atomic E-state index is 0.0578. The highest BCUT2D eigenvalue weighted by molar-refractivity contribution is 6.07. The number of nitrogens with two attached hydrogens (primary N) is 1. The molecule has 13 heteroatoms. The highest BCUT2D eigenvalue weighted by atomic mass is 16.4. The van der Waals surface area contributed by atoms with Crippen molar-refractivity contribution in [1.82, 2.24) is 18.9 Å². The van der Waals surface area contributed by atoms with Crippen molar-refractivity contribution in [2.75, 3.05) is 13.6 Å². The van der Waals surface area contributed by atoms with Crippen LogP contribution in [0.4, 0.5) is 4.79 Å². The predicted octanol–water partition coefficient (Wildman–Crippen LogP) is 1.44. The molecule has 1 saturated heterocycles. The van der Waals surface area contributed by atoms with Gasteiger partial charge in [-0.05, 0) is 81.5 Å². The first kappa shape index (κ1) is 27.5. The number of amides is 3. The smallest absolute Gasteiger partial charge is 0.334 e. The number of hydrogen-bond acceptors (Lipinski definition) is 7. The minimum atomic E-state index is -0.917. The van der Waals surface area contributed by atoms with E-state index in [1.807, 2.05) is 0 Å². The van der Waals surface area contributed by atoms with E-state index in [4.69, 9.17) is 11.1 Å². The van der Waals surface area contributed by atoms with Crippen molar-refractivity contribution >= 4 is 23.7 Å². The summed E-state index contributed by atoms with van der Waals surface area (Å²) in [5, 5.41) is 27.8. The molecular formula is C28H38N6O7. The van der Waals surface area contributed by atoms with E-state index in [1.165, 1.54) is 16.5 Å². The number of carboxylic acids is 1. The van der Waals surface area contributed by atoms with Crippen molar-refractivity contribution in [3.8, 4) is 5.88 Å². The van der Waals surface area contributed by atoms with Crippen LogP contribution in [0.3, 0.4) is 0 Å². The molecule has 2 spiro atoms. The number of aromatic nitrogens is 2. The number of carboxylic acid groups (broad SMARTS) is 1. The second-order valence-electron chi connectivity index (χ2n) is 13.2. The van der Waals surface area contributed by atoms with Gasteiger partial charge in [-0.25, -0.2) is 9.59 Å². The van der Waals surface area contributed by atoms with Gasteiger partial charge in [-0.3, -0.25) is 33.8 Å². The first-order valence-corrected chi connectivity index (χ1v) is 14.6. The third kappa shape index (κ3) is 4.10. The Bertz CT molecular complexity index is 1440. The van der Waals surface area contributed by atoms with Gasteiger partial charge in [0.05, 0.1) is 5.92 Å². The maximum atomic E-state index is 13.5. The summed E-state index contributed by atoms with van der Waals surface area (Å²) in [7, 11) is 1.49. The normalized spacial score (nSPS) is 33.1. The summed E-state index contributed by atoms with van der Waals surface area (Å²) in [5.74, 6) is -2.27. The molecular weight excluding hydrogens is 532 g/mol. The molecule has 13 nitrogen and oxygen atoms in total. The third-order valence-corrected chi connectivity index (χ3v) is 10.8. The number of likely N-dealkylation sites (N-methyl/N-ethyl adjacent to an activating group) is 1. The van der Waals surface area contributed by atoms with E-state index in [2.05, 4.69) is 0 Å². The molecule has 4 saturated carbocycles. The summed E-state index contributed by atoms with van der Waals surface area (Å²) in [5.41, 5.74) is 2.87. The number of urea groups is 1. The Morgan fingerprint density at radius 3 is 2.20 bits per heavy atom. The minimum Gasteiger partial charge on any atom is -0.494 e. The second kappa shape index (κ2) is 9.45. The largest absolute Gasteiger partial charge is 0.494 e. The zero-order valence-electron chi connectivity index (χ0n) is 23.3. The van der Waals surface area contributed by atoms with Crippen molar-refractivity contribution in [2.24, 2.45) is 28.9 Å². The topological polar surface area (TPSA) is 192 Å². The van der Waals surface area contributed by atoms with Crippen LogP contribution in [0.2, 0.25) is 0 Å². The van der Waals surface area contributed by atoms with E-state index in [9.17, 15) is 34.2 Å². The number of imide groups is 1. The molecule has 222 valence electrons. The van der Waals surface area contributed by atoms with Gasteiger partial charge in [0.1, 0.15) is 16.9 Å². The van der Waals surface area contributed by atoms with Gasteiger partial charge in [0.25, 0.3) is 11.5 Å². The highest BCUT2D eigenvalue weighted by Gasteiger charge is 2.68. The number of carbonyl (C=O) groups is 3. The monoisotopic (exact) mass is 570 g/mol. The molecule has 5 aliphatic rings. The van der Waals surface area contributed by atoms with Crippen LogP contribution in [0.5, 0.6) is 5.88 Å². The number of amidine groups is 1. The molecule has 6 rings (SSSR count). The fraction of sp³-hybridized carbons (Fsp3) is 0.714. The molecule has 1 aromatic heterocycles. The Kier molecular flexibility index (Phi) is 6.34. The molecule has 1 aromatic rings. The van der Waals surface area contributed by atoms with E-state index < -0.39 is 46.4 Å². The Morgan fingerprint density at radius 1 is 1.02 bits per heavy atom. The number of carbonyl (C=O) groups excluding carboxylic acids is 2. The predicted molar refractivity (Wildman–Crippen MR) is 146 cm³/mol. The van der Waals surface area contributed by atoms with Gasteiger partial charge in [0.2, 0.25) is 5.88 Å². The summed E-state index contributed by atoms with van der Waals surface area (Å²) in [4.78, 5) is 67.2. The Labute approximate surface area is 236 Å². The Morgan fingerprint density at radius 2 is 1.66 bits per heavy atom. The fourth-order valence-electron chi connectivity index (χ4n) is 8.15. The van der Waals surface area contributed by atoms with E-state index in [-0.39, 0.29) is 41.3 Å². The molecule has 0 bridgehead atoms. The lowest BCUT2D eigenvalue weighted by atomic mass is 9.51. The summed E-state index contributed by atoms with van der Waals surface area (Å²) in [6.07, 6.45) is 7.28. The fourth-order valence-corrected chi connectivity index (χ4v) is 8.15. The van der Waals surface area contributed by atoms with E-state index >= 15 is 0 Å². The SMILES string of the molecule is CN1C(=O)N(CC2CC(C(=O)O)C2)C2(CC3(CCC(n4c(=O)c(C(=N)N)c(O)n(CC5CCC5)c4=O)CC3)C2)C1=O. The third-order valence-electron chi connectivity index (χ3n) is 10.8. The highest BCUT2D eigenvalue weighted by Crippen LogP contribution is 2.62. The van der Waals surface area contributed by atoms with Crippen molar-refractivity contribution in [3.05, 3.63) is 26.4 Å². The lowest BCUT2D eigenvalue weighted by Crippen LogP contribution is -2.65. The van der Waals surface area contributed by atoms with Crippen molar-refractivity contribution in [2.45, 2.75) is 88.8 Å². The standard InChI is InChI=1S/C28H38N6O7/c1-31-24(39)28(33(25(31)40)12-16-9-17(10-16)23(37)38)13-27(14-28)7-5-18(6-8-27)34-22(36)19(20(29)30)21(35)32(26(34)41)11-15-3-2-4-15/h15-18,35H,2-14H2,1H3,(H3,29,30)(H,37,38). The molecule has 0 aromatic carbocycles. The zero-order valence-corrected chi connectivity index (χ0v) is 23.3. The van der Waals surface area contributed by atoms with Crippen LogP contribution in [0.15, 0.2) is 9.59 Å². The van der Waals surface area contributed by atoms with E-state index in [0.29, 0.717) is 57.9 Å². The molecule has 41 heavy (non-hydrogen) atoms. The number of nitrogens with zero attached hydrogens (tertiary/aromatic N) is 4. The number of nitrogens with one attached hydrogen (secondary N) is 1. The zero-order chi connectivity index (χ0) is 29.4. The average Bonchev–Trinajstić information content (AvgIpc) is 3.01. The van der Waals surface area contributed by atoms with Gasteiger partial charge in [-0.2, -0.15) is 0 Å². The first-order valence-electron chi connectivity index (χ1n) is 14.6. The molecule has 0 unspecified atom stereocenters. The quantitative estimate of drug-likeness (QED) is 0.215. The number of hydrogen-bond donors (Lipinski definition) is 4. The molecule has 2 heterocycles. The van der Waals surface area contributed by atoms with Gasteiger partial charge in [-0.15, -0.1) is 0 Å². The lowest BCUT2D eigenvalue weighted by Gasteiger charge is -2.59. The molecule has 5 N–H and O–H groups in total. The molecule has 3 amide bonds. The van der Waals surface area contributed by atoms with Gasteiger partial charge in [0, 0.05) is 26.2 Å². The lowest BCUT2D eigenvalue weighted by molar-refractivity contribution is -0.153. The van der Waals surface area contributed by atoms with Crippen LogP contribution >= 0.6 is 0 Å². The van der Waals surface area contributed by atoms with Crippen molar-refractivity contribution in [1.29, 1.82) is 5.41 Å². The maximum absolute atomic E-state index is 13.5. The van der Waals surface area contributed by atoms with Crippen LogP contribution in [0.1, 0.15) is 82.2 Å². The van der Waals surface area contributed by atoms with Gasteiger partial charge in [0.15, 0.2) is 0 Å². The van der Waals surface area contributed by atoms with E-state index in [1.54, 1.807) is 4.90 Å². The van der Waals surface area contributed by atoms with E-state index in [0.717, 1.165) is 23.8 Å². The van der Waals surface area contributed by atoms with Crippen LogP contribution in [0.25, 0.3) is 0 Å². The average molecular weight is 571 g/mol. The van der Waals surface area contributed by atoms with Crippen LogP contribution in [-0.2, 0) is 16.1 Å². The van der Waals surface area contributed by atoms with Crippen LogP contribution < -0.4 is 17.0 Å². The summed E-state index contributed by atoms with van der Waals surface area (Å²) >= 11 is 0. The second-order valence-corrected chi connectivity index (χ2v) is 13.2. The Balaban J connectivity index is 1.20. The molecule has 0 radical (unpaired) electrons. The van der Waals surface area contributed by atoms with Crippen molar-refractivity contribution < 1.29 is 24.6 Å². The molecule has 1 aliphatic heterocycles. The summed E-state index contributed by atoms with van der Waals surface area (Å²) in [6.45, 7) is 0.646. The van der Waals surface area contributed by atoms with Crippen LogP contribution in [-0.4, -0.2) is 72.0 Å². The number of nitrogen functional groups attached to an aromatic ring is 1. The van der Waals surface area contributed by atoms with Crippen molar-refractivity contribution in [3.63, 3.8) is 0 Å². The maximum Gasteiger partial charge on any atom is 0.334 e. The first-order chi connectivity index (χ1) is 19.4. The number of rotatable bonds is 7. The van der Waals surface area contributed by atoms with Gasteiger partial charge >= 0.3 is 17.7 Å². The molecule has 0 atom stereocenters. The van der Waals surface area contributed by atoms with Crippen LogP contribution in [0, 0.1) is 28.6 Å². The van der Waals surface area contributed by atoms with Gasteiger partial charge < -0.3 is 20.8 Å². The number of aromatic hydroxyl groups is 1. The number of aliphatic carboxylic acids is 1.